The van der Waals surface area contributed by atoms with E-state index in [0.717, 1.165) is 12.8 Å². The molecule has 0 atom stereocenters. The highest BCUT2D eigenvalue weighted by atomic mass is 19.1. The molecule has 0 aromatic carbocycles. The average molecular weight is 147 g/mol. The van der Waals surface area contributed by atoms with Gasteiger partial charge in [-0.3, -0.25) is 0 Å². The van der Waals surface area contributed by atoms with Crippen LogP contribution < -0.4 is 0 Å². The van der Waals surface area contributed by atoms with Crippen LogP contribution in [0.25, 0.3) is 0 Å². The summed E-state index contributed by atoms with van der Waals surface area (Å²) in [7, 11) is 0. The molecule has 0 aromatic rings. The summed E-state index contributed by atoms with van der Waals surface area (Å²) in [5, 5.41) is 0. The molecule has 0 aliphatic heterocycles. The van der Waals surface area contributed by atoms with Gasteiger partial charge in [-0.25, -0.2) is 4.39 Å². The van der Waals surface area contributed by atoms with Crippen LogP contribution in [0.5, 0.6) is 0 Å². The van der Waals surface area contributed by atoms with Gasteiger partial charge in [0.15, 0.2) is 0 Å². The molecule has 2 heteroatoms. The fourth-order valence-electron chi connectivity index (χ4n) is 0.813. The maximum absolute atomic E-state index is 11.6. The Labute approximate surface area is 62.6 Å². The number of alkyl halides is 1. The molecule has 1 radical (unpaired) electrons. The normalized spacial score (nSPS) is 12.0. The topological polar surface area (TPSA) is 9.23 Å². The van der Waals surface area contributed by atoms with E-state index in [2.05, 4.69) is 6.92 Å². The summed E-state index contributed by atoms with van der Waals surface area (Å²) in [5.41, 5.74) is -0.201. The molecule has 0 aliphatic rings. The van der Waals surface area contributed by atoms with Crippen molar-refractivity contribution in [3.05, 3.63) is 6.92 Å². The molecule has 0 aliphatic carbocycles. The summed E-state index contributed by atoms with van der Waals surface area (Å²) in [6, 6.07) is 0. The highest BCUT2D eigenvalue weighted by Gasteiger charge is 2.15. The average Bonchev–Trinajstić information content (AvgIpc) is 1.84. The SMILES string of the molecule is [CH2]CCC(C)(C)OCCF. The van der Waals surface area contributed by atoms with Crippen LogP contribution in [0, 0.1) is 6.92 Å². The second-order valence-electron chi connectivity index (χ2n) is 2.90. The Kier molecular flexibility index (Phi) is 4.62. The van der Waals surface area contributed by atoms with E-state index in [1.54, 1.807) is 0 Å². The van der Waals surface area contributed by atoms with Crippen molar-refractivity contribution in [2.45, 2.75) is 32.3 Å². The van der Waals surface area contributed by atoms with Gasteiger partial charge < -0.3 is 4.74 Å². The van der Waals surface area contributed by atoms with Crippen LogP contribution in [-0.2, 0) is 4.74 Å². The lowest BCUT2D eigenvalue weighted by Gasteiger charge is -2.23. The maximum Gasteiger partial charge on any atom is 0.113 e. The molecule has 0 saturated carbocycles. The lowest BCUT2D eigenvalue weighted by Crippen LogP contribution is -2.25. The van der Waals surface area contributed by atoms with Gasteiger partial charge in [-0.2, -0.15) is 0 Å². The smallest absolute Gasteiger partial charge is 0.113 e. The molecule has 10 heavy (non-hydrogen) atoms. The van der Waals surface area contributed by atoms with Gasteiger partial charge in [0.1, 0.15) is 6.67 Å². The number of hydrogen-bond donors (Lipinski definition) is 0. The molecule has 0 saturated heterocycles. The molecule has 1 nitrogen and oxygen atoms in total. The molecule has 0 heterocycles. The number of halogens is 1. The molecular formula is C8H16FO. The van der Waals surface area contributed by atoms with E-state index in [1.165, 1.54) is 0 Å². The Morgan fingerprint density at radius 1 is 1.50 bits per heavy atom. The number of rotatable bonds is 5. The highest BCUT2D eigenvalue weighted by molar-refractivity contribution is 4.68. The third kappa shape index (κ3) is 4.74. The fraction of sp³-hybridized carbons (Fsp3) is 0.875. The molecule has 0 fully saturated rings. The van der Waals surface area contributed by atoms with E-state index >= 15 is 0 Å². The van der Waals surface area contributed by atoms with Crippen LogP contribution in [0.2, 0.25) is 0 Å². The molecular weight excluding hydrogens is 131 g/mol. The molecule has 0 rings (SSSR count). The molecule has 61 valence electrons. The summed E-state index contributed by atoms with van der Waals surface area (Å²) in [6.45, 7) is 7.41. The van der Waals surface area contributed by atoms with Crippen LogP contribution in [0.15, 0.2) is 0 Å². The van der Waals surface area contributed by atoms with Crippen molar-refractivity contribution >= 4 is 0 Å². The molecule has 0 bridgehead atoms. The van der Waals surface area contributed by atoms with Crippen LogP contribution in [0.3, 0.4) is 0 Å². The maximum atomic E-state index is 11.6. The van der Waals surface area contributed by atoms with Crippen molar-refractivity contribution in [3.63, 3.8) is 0 Å². The van der Waals surface area contributed by atoms with Gasteiger partial charge in [-0.1, -0.05) is 13.3 Å². The monoisotopic (exact) mass is 147 g/mol. The van der Waals surface area contributed by atoms with Gasteiger partial charge in [-0.15, -0.1) is 0 Å². The van der Waals surface area contributed by atoms with Crippen molar-refractivity contribution in [2.24, 2.45) is 0 Å². The van der Waals surface area contributed by atoms with Gasteiger partial charge in [0.25, 0.3) is 0 Å². The molecule has 0 N–H and O–H groups in total. The van der Waals surface area contributed by atoms with Gasteiger partial charge in [0, 0.05) is 0 Å². The molecule has 0 unspecified atom stereocenters. The van der Waals surface area contributed by atoms with Crippen molar-refractivity contribution in [1.29, 1.82) is 0 Å². The lowest BCUT2D eigenvalue weighted by molar-refractivity contribution is -0.0281. The quantitative estimate of drug-likeness (QED) is 0.580. The Hall–Kier alpha value is -0.110. The fourth-order valence-corrected chi connectivity index (χ4v) is 0.813. The summed E-state index contributed by atoms with van der Waals surface area (Å²) >= 11 is 0. The van der Waals surface area contributed by atoms with Gasteiger partial charge in [0.2, 0.25) is 0 Å². The van der Waals surface area contributed by atoms with E-state index in [9.17, 15) is 4.39 Å². The minimum Gasteiger partial charge on any atom is -0.373 e. The zero-order chi connectivity index (χ0) is 8.04. The summed E-state index contributed by atoms with van der Waals surface area (Å²) < 4.78 is 16.8. The minimum absolute atomic E-state index is 0.201. The summed E-state index contributed by atoms with van der Waals surface area (Å²) in [5.74, 6) is 0. The van der Waals surface area contributed by atoms with E-state index in [-0.39, 0.29) is 12.2 Å². The van der Waals surface area contributed by atoms with Crippen molar-refractivity contribution in [2.75, 3.05) is 13.3 Å². The Bertz CT molecular complexity index is 81.3. The minimum atomic E-state index is -0.402. The first-order chi connectivity index (χ1) is 4.62. The van der Waals surface area contributed by atoms with Gasteiger partial charge in [0.05, 0.1) is 12.2 Å². The number of ether oxygens (including phenoxy) is 1. The molecule has 0 aromatic heterocycles. The zero-order valence-electron chi connectivity index (χ0n) is 6.82. The first kappa shape index (κ1) is 9.89. The standard InChI is InChI=1S/C8H16FO/c1-4-5-8(2,3)10-7-6-9/h1,4-7H2,2-3H3. The highest BCUT2D eigenvalue weighted by Crippen LogP contribution is 2.15. The summed E-state index contributed by atoms with van der Waals surface area (Å²) in [4.78, 5) is 0. The van der Waals surface area contributed by atoms with Crippen LogP contribution in [0.1, 0.15) is 26.7 Å². The van der Waals surface area contributed by atoms with Crippen molar-refractivity contribution < 1.29 is 9.13 Å². The third-order valence-electron chi connectivity index (χ3n) is 1.35. The van der Waals surface area contributed by atoms with Crippen LogP contribution in [0.4, 0.5) is 4.39 Å². The molecule has 0 spiro atoms. The third-order valence-corrected chi connectivity index (χ3v) is 1.35. The van der Waals surface area contributed by atoms with Gasteiger partial charge >= 0.3 is 0 Å². The zero-order valence-corrected chi connectivity index (χ0v) is 6.82. The molecule has 0 amide bonds. The second kappa shape index (κ2) is 4.67. The van der Waals surface area contributed by atoms with Crippen molar-refractivity contribution in [1.82, 2.24) is 0 Å². The second-order valence-corrected chi connectivity index (χ2v) is 2.90. The van der Waals surface area contributed by atoms with E-state index in [0.29, 0.717) is 0 Å². The Morgan fingerprint density at radius 3 is 2.50 bits per heavy atom. The first-order valence-electron chi connectivity index (χ1n) is 3.61. The van der Waals surface area contributed by atoms with E-state index < -0.39 is 6.67 Å². The largest absolute Gasteiger partial charge is 0.373 e. The van der Waals surface area contributed by atoms with E-state index in [1.807, 2.05) is 13.8 Å². The first-order valence-corrected chi connectivity index (χ1v) is 3.61. The summed E-state index contributed by atoms with van der Waals surface area (Å²) in [6.07, 6.45) is 1.71. The Balaban J connectivity index is 3.42. The lowest BCUT2D eigenvalue weighted by atomic mass is 10.0. The Morgan fingerprint density at radius 2 is 2.10 bits per heavy atom. The van der Waals surface area contributed by atoms with Crippen LogP contribution >= 0.6 is 0 Å². The van der Waals surface area contributed by atoms with Crippen molar-refractivity contribution in [3.8, 4) is 0 Å². The van der Waals surface area contributed by atoms with Crippen LogP contribution in [-0.4, -0.2) is 18.9 Å². The predicted octanol–water partition coefficient (Wildman–Crippen LogP) is 2.37. The van der Waals surface area contributed by atoms with Gasteiger partial charge in [-0.05, 0) is 20.3 Å². The number of hydrogen-bond acceptors (Lipinski definition) is 1. The van der Waals surface area contributed by atoms with E-state index in [4.69, 9.17) is 4.74 Å². The predicted molar refractivity (Wildman–Crippen MR) is 40.6 cm³/mol.